The predicted octanol–water partition coefficient (Wildman–Crippen LogP) is 4.70. The number of ether oxygens (including phenoxy) is 2. The summed E-state index contributed by atoms with van der Waals surface area (Å²) in [4.78, 5) is 24.6. The molecule has 0 aliphatic heterocycles. The van der Waals surface area contributed by atoms with E-state index in [4.69, 9.17) is 9.47 Å². The van der Waals surface area contributed by atoms with Gasteiger partial charge in [-0.25, -0.2) is 0 Å². The van der Waals surface area contributed by atoms with E-state index in [-0.39, 0.29) is 11.4 Å². The summed E-state index contributed by atoms with van der Waals surface area (Å²) in [7, 11) is 1.51. The van der Waals surface area contributed by atoms with E-state index in [1.54, 1.807) is 30.3 Å². The first-order chi connectivity index (χ1) is 16.5. The number of aromatic nitrogens is 2. The molecule has 1 amide bonds. The first-order valence-electron chi connectivity index (χ1n) is 10.7. The maximum atomic E-state index is 12.5. The van der Waals surface area contributed by atoms with Gasteiger partial charge in [-0.15, -0.1) is 10.2 Å². The molecule has 0 bridgehead atoms. The lowest BCUT2D eigenvalue weighted by Gasteiger charge is -2.11. The number of nitriles is 1. The van der Waals surface area contributed by atoms with Crippen LogP contribution in [-0.4, -0.2) is 35.6 Å². The normalized spacial score (nSPS) is 10.9. The Balaban J connectivity index is 1.60. The number of carbonyl (C=O) groups is 2. The number of carbonyl (C=O) groups excluding carboxylic acids is 2. The fourth-order valence-corrected chi connectivity index (χ4v) is 3.68. The molecule has 0 unspecified atom stereocenters. The van der Waals surface area contributed by atoms with Gasteiger partial charge in [-0.2, -0.15) is 5.26 Å². The molecule has 0 radical (unpaired) electrons. The van der Waals surface area contributed by atoms with Crippen LogP contribution >= 0.6 is 11.3 Å². The molecule has 0 aliphatic rings. The standard InChI is InChI=1S/C25H24N4O4S/c1-3-23-28-29-25(34-23)27-24(31)19(16-26)14-17-11-12-21(22(15-17)32-2)33-13-7-10-20(30)18-8-5-4-6-9-18/h4-6,8-9,11-12,14-15H,3,7,10,13H2,1-2H3,(H,27,29,31)/b19-14+. The Kier molecular flexibility index (Phi) is 8.88. The molecule has 2 aromatic carbocycles. The van der Waals surface area contributed by atoms with Crippen molar-refractivity contribution >= 4 is 34.2 Å². The second kappa shape index (κ2) is 12.3. The number of amides is 1. The maximum Gasteiger partial charge on any atom is 0.268 e. The molecule has 174 valence electrons. The van der Waals surface area contributed by atoms with Gasteiger partial charge in [0, 0.05) is 12.0 Å². The average molecular weight is 477 g/mol. The minimum atomic E-state index is -0.566. The van der Waals surface area contributed by atoms with Crippen molar-refractivity contribution < 1.29 is 19.1 Å². The Morgan fingerprint density at radius 1 is 1.15 bits per heavy atom. The van der Waals surface area contributed by atoms with Gasteiger partial charge in [0.2, 0.25) is 5.13 Å². The number of aryl methyl sites for hydroxylation is 1. The molecular formula is C25H24N4O4S. The Bertz CT molecular complexity index is 1220. The van der Waals surface area contributed by atoms with Crippen LogP contribution in [0.2, 0.25) is 0 Å². The molecule has 34 heavy (non-hydrogen) atoms. The molecule has 1 heterocycles. The largest absolute Gasteiger partial charge is 0.493 e. The number of hydrogen-bond donors (Lipinski definition) is 1. The molecular weight excluding hydrogens is 452 g/mol. The lowest BCUT2D eigenvalue weighted by atomic mass is 10.1. The summed E-state index contributed by atoms with van der Waals surface area (Å²) in [6, 6.07) is 16.2. The highest BCUT2D eigenvalue weighted by molar-refractivity contribution is 7.15. The van der Waals surface area contributed by atoms with Gasteiger partial charge in [0.15, 0.2) is 17.3 Å². The molecule has 0 aliphatic carbocycles. The van der Waals surface area contributed by atoms with Crippen LogP contribution in [0.1, 0.15) is 40.7 Å². The lowest BCUT2D eigenvalue weighted by molar-refractivity contribution is -0.112. The number of anilines is 1. The molecule has 9 heteroatoms. The van der Waals surface area contributed by atoms with Crippen molar-refractivity contribution in [2.24, 2.45) is 0 Å². The van der Waals surface area contributed by atoms with E-state index in [1.807, 2.05) is 31.2 Å². The Morgan fingerprint density at radius 2 is 1.94 bits per heavy atom. The van der Waals surface area contributed by atoms with E-state index in [1.165, 1.54) is 24.5 Å². The highest BCUT2D eigenvalue weighted by atomic mass is 32.1. The summed E-state index contributed by atoms with van der Waals surface area (Å²) in [6.45, 7) is 2.29. The molecule has 0 fully saturated rings. The van der Waals surface area contributed by atoms with Gasteiger partial charge in [0.05, 0.1) is 13.7 Å². The third-order valence-electron chi connectivity index (χ3n) is 4.76. The Labute approximate surface area is 201 Å². The summed E-state index contributed by atoms with van der Waals surface area (Å²) >= 11 is 1.26. The van der Waals surface area contributed by atoms with Gasteiger partial charge >= 0.3 is 0 Å². The third kappa shape index (κ3) is 6.73. The van der Waals surface area contributed by atoms with E-state index in [0.717, 1.165) is 5.01 Å². The Morgan fingerprint density at radius 3 is 2.62 bits per heavy atom. The SMILES string of the molecule is CCc1nnc(NC(=O)/C(C#N)=C/c2ccc(OCCCC(=O)c3ccccc3)c(OC)c2)s1. The number of nitrogens with zero attached hydrogens (tertiary/aromatic N) is 3. The molecule has 0 atom stereocenters. The van der Waals surface area contributed by atoms with Gasteiger partial charge in [-0.1, -0.05) is 54.7 Å². The van der Waals surface area contributed by atoms with Crippen LogP contribution in [0.15, 0.2) is 54.1 Å². The zero-order valence-corrected chi connectivity index (χ0v) is 19.7. The minimum Gasteiger partial charge on any atom is -0.493 e. The minimum absolute atomic E-state index is 0.0680. The molecule has 1 N–H and O–H groups in total. The van der Waals surface area contributed by atoms with Crippen LogP contribution < -0.4 is 14.8 Å². The van der Waals surface area contributed by atoms with Gasteiger partial charge in [-0.3, -0.25) is 14.9 Å². The summed E-state index contributed by atoms with van der Waals surface area (Å²) in [5.41, 5.74) is 1.20. The van der Waals surface area contributed by atoms with Crippen molar-refractivity contribution in [3.63, 3.8) is 0 Å². The van der Waals surface area contributed by atoms with E-state index in [2.05, 4.69) is 15.5 Å². The summed E-state index contributed by atoms with van der Waals surface area (Å²) < 4.78 is 11.2. The molecule has 3 aromatic rings. The van der Waals surface area contributed by atoms with Crippen molar-refractivity contribution in [2.45, 2.75) is 26.2 Å². The maximum absolute atomic E-state index is 12.5. The number of methoxy groups -OCH3 is 1. The predicted molar refractivity (Wildman–Crippen MR) is 130 cm³/mol. The van der Waals surface area contributed by atoms with E-state index in [9.17, 15) is 14.9 Å². The molecule has 1 aromatic heterocycles. The van der Waals surface area contributed by atoms with E-state index in [0.29, 0.717) is 53.6 Å². The number of benzene rings is 2. The number of hydrogen-bond acceptors (Lipinski definition) is 8. The first-order valence-corrected chi connectivity index (χ1v) is 11.5. The molecule has 0 saturated heterocycles. The van der Waals surface area contributed by atoms with Gasteiger partial charge in [-0.05, 0) is 36.6 Å². The number of ketones is 1. The lowest BCUT2D eigenvalue weighted by Crippen LogP contribution is -2.13. The zero-order valence-electron chi connectivity index (χ0n) is 18.9. The fourth-order valence-electron chi connectivity index (χ4n) is 3.00. The van der Waals surface area contributed by atoms with Crippen LogP contribution in [0.25, 0.3) is 6.08 Å². The van der Waals surface area contributed by atoms with Gasteiger partial charge in [0.25, 0.3) is 5.91 Å². The van der Waals surface area contributed by atoms with Crippen LogP contribution in [0.3, 0.4) is 0 Å². The quantitative estimate of drug-likeness (QED) is 0.185. The van der Waals surface area contributed by atoms with Crippen molar-refractivity contribution in [2.75, 3.05) is 19.0 Å². The van der Waals surface area contributed by atoms with Crippen molar-refractivity contribution in [1.29, 1.82) is 5.26 Å². The highest BCUT2D eigenvalue weighted by Gasteiger charge is 2.14. The number of rotatable bonds is 11. The van der Waals surface area contributed by atoms with Crippen molar-refractivity contribution in [1.82, 2.24) is 10.2 Å². The average Bonchev–Trinajstić information content (AvgIpc) is 3.33. The molecule has 0 saturated carbocycles. The monoisotopic (exact) mass is 476 g/mol. The second-order valence-corrected chi connectivity index (χ2v) is 8.19. The molecule has 3 rings (SSSR count). The second-order valence-electron chi connectivity index (χ2n) is 7.13. The summed E-state index contributed by atoms with van der Waals surface area (Å²) in [6.07, 6.45) is 3.11. The van der Waals surface area contributed by atoms with E-state index < -0.39 is 5.91 Å². The summed E-state index contributed by atoms with van der Waals surface area (Å²) in [5, 5.41) is 21.0. The third-order valence-corrected chi connectivity index (χ3v) is 5.74. The fraction of sp³-hybridized carbons (Fsp3) is 0.240. The van der Waals surface area contributed by atoms with Crippen LogP contribution in [-0.2, 0) is 11.2 Å². The topological polar surface area (TPSA) is 114 Å². The number of nitrogens with one attached hydrogen (secondary N) is 1. The highest BCUT2D eigenvalue weighted by Crippen LogP contribution is 2.29. The zero-order chi connectivity index (χ0) is 24.3. The van der Waals surface area contributed by atoms with Crippen molar-refractivity contribution in [3.05, 3.63) is 70.2 Å². The van der Waals surface area contributed by atoms with E-state index >= 15 is 0 Å². The summed E-state index contributed by atoms with van der Waals surface area (Å²) in [5.74, 6) is 0.468. The first kappa shape index (κ1) is 24.6. The Hall–Kier alpha value is -4.03. The van der Waals surface area contributed by atoms with Crippen LogP contribution in [0.4, 0.5) is 5.13 Å². The van der Waals surface area contributed by atoms with Gasteiger partial charge < -0.3 is 9.47 Å². The van der Waals surface area contributed by atoms with Gasteiger partial charge in [0.1, 0.15) is 16.6 Å². The molecule has 0 spiro atoms. The van der Waals surface area contributed by atoms with Crippen LogP contribution in [0, 0.1) is 11.3 Å². The number of Topliss-reactive ketones (excluding diaryl/α,β-unsaturated/α-hetero) is 1. The molecule has 8 nitrogen and oxygen atoms in total. The smallest absolute Gasteiger partial charge is 0.268 e. The van der Waals surface area contributed by atoms with Crippen LogP contribution in [0.5, 0.6) is 11.5 Å². The van der Waals surface area contributed by atoms with Crippen molar-refractivity contribution in [3.8, 4) is 17.6 Å².